The van der Waals surface area contributed by atoms with Crippen LogP contribution in [0.4, 0.5) is 0 Å². The molecule has 0 atom stereocenters. The Labute approximate surface area is 133 Å². The van der Waals surface area contributed by atoms with Crippen LogP contribution in [0.3, 0.4) is 0 Å². The van der Waals surface area contributed by atoms with Gasteiger partial charge in [0.1, 0.15) is 0 Å². The zero-order valence-corrected chi connectivity index (χ0v) is 13.9. The second-order valence-electron chi connectivity index (χ2n) is 4.69. The Morgan fingerprint density at radius 1 is 1.10 bits per heavy atom. The number of thioether (sulfide) groups is 1. The van der Waals surface area contributed by atoms with E-state index in [-0.39, 0.29) is 5.84 Å². The minimum Gasteiger partial charge on any atom is -0.409 e. The molecule has 5 heteroatoms. The molecule has 0 aliphatic carbocycles. The number of aryl methyl sites for hydroxylation is 2. The van der Waals surface area contributed by atoms with Crippen LogP contribution in [0.15, 0.2) is 56.2 Å². The van der Waals surface area contributed by atoms with Gasteiger partial charge in [-0.25, -0.2) is 0 Å². The van der Waals surface area contributed by atoms with Crippen molar-refractivity contribution >= 4 is 29.4 Å². The number of hydrogen-bond donors (Lipinski definition) is 2. The van der Waals surface area contributed by atoms with Crippen LogP contribution in [0, 0.1) is 13.8 Å². The normalized spacial score (nSPS) is 11.7. The Morgan fingerprint density at radius 3 is 2.43 bits per heavy atom. The molecule has 0 fully saturated rings. The first-order valence-electron chi connectivity index (χ1n) is 6.46. The maximum Gasteiger partial charge on any atom is 0.172 e. The summed E-state index contributed by atoms with van der Waals surface area (Å²) in [6.07, 6.45) is 1.98. The van der Waals surface area contributed by atoms with E-state index in [1.807, 2.05) is 24.5 Å². The first-order valence-corrected chi connectivity index (χ1v) is 8.51. The predicted molar refractivity (Wildman–Crippen MR) is 90.8 cm³/mol. The van der Waals surface area contributed by atoms with Crippen molar-refractivity contribution < 1.29 is 5.21 Å². The van der Waals surface area contributed by atoms with Crippen molar-refractivity contribution in [1.29, 1.82) is 0 Å². The SMILES string of the molecule is CSc1cccc(Sc2ccc(C)cc2C)c1/C(N)=N/O. The van der Waals surface area contributed by atoms with Gasteiger partial charge in [0.25, 0.3) is 0 Å². The van der Waals surface area contributed by atoms with E-state index in [2.05, 4.69) is 37.2 Å². The number of hydrogen-bond acceptors (Lipinski definition) is 4. The molecule has 21 heavy (non-hydrogen) atoms. The summed E-state index contributed by atoms with van der Waals surface area (Å²) < 4.78 is 0. The number of benzene rings is 2. The summed E-state index contributed by atoms with van der Waals surface area (Å²) in [6.45, 7) is 4.18. The second-order valence-corrected chi connectivity index (χ2v) is 6.62. The quantitative estimate of drug-likeness (QED) is 0.290. The minimum absolute atomic E-state index is 0.146. The molecule has 0 aliphatic heterocycles. The third kappa shape index (κ3) is 3.54. The Bertz CT molecular complexity index is 684. The van der Waals surface area contributed by atoms with Crippen LogP contribution >= 0.6 is 23.5 Å². The number of nitrogens with zero attached hydrogens (tertiary/aromatic N) is 1. The fourth-order valence-corrected chi connectivity index (χ4v) is 3.85. The molecule has 0 aliphatic rings. The number of amidine groups is 1. The van der Waals surface area contributed by atoms with Gasteiger partial charge in [0, 0.05) is 20.2 Å². The van der Waals surface area contributed by atoms with Gasteiger partial charge in [0.05, 0.1) is 0 Å². The highest BCUT2D eigenvalue weighted by molar-refractivity contribution is 8.00. The number of rotatable bonds is 4. The molecule has 3 nitrogen and oxygen atoms in total. The van der Waals surface area contributed by atoms with Crippen molar-refractivity contribution in [1.82, 2.24) is 0 Å². The molecular formula is C16H18N2OS2. The lowest BCUT2D eigenvalue weighted by Crippen LogP contribution is -2.15. The third-order valence-electron chi connectivity index (χ3n) is 3.12. The Morgan fingerprint density at radius 2 is 1.81 bits per heavy atom. The smallest absolute Gasteiger partial charge is 0.172 e. The van der Waals surface area contributed by atoms with Crippen LogP contribution in [0.5, 0.6) is 0 Å². The maximum absolute atomic E-state index is 9.03. The molecule has 0 unspecified atom stereocenters. The van der Waals surface area contributed by atoms with E-state index in [1.165, 1.54) is 16.0 Å². The van der Waals surface area contributed by atoms with Crippen LogP contribution in [0.1, 0.15) is 16.7 Å². The molecule has 0 aromatic heterocycles. The molecule has 0 bridgehead atoms. The lowest BCUT2D eigenvalue weighted by atomic mass is 10.2. The lowest BCUT2D eigenvalue weighted by molar-refractivity contribution is 0.318. The van der Waals surface area contributed by atoms with Crippen LogP contribution < -0.4 is 5.73 Å². The standard InChI is InChI=1S/C16H18N2OS2/c1-10-7-8-12(11(2)9-10)21-14-6-4-5-13(20-3)15(14)16(17)18-19/h4-9,19H,1-3H3,(H2,17,18). The van der Waals surface area contributed by atoms with E-state index >= 15 is 0 Å². The first-order chi connectivity index (χ1) is 10.1. The van der Waals surface area contributed by atoms with Crippen molar-refractivity contribution in [3.63, 3.8) is 0 Å². The van der Waals surface area contributed by atoms with E-state index < -0.39 is 0 Å². The summed E-state index contributed by atoms with van der Waals surface area (Å²) in [5.41, 5.74) is 9.11. The highest BCUT2D eigenvalue weighted by atomic mass is 32.2. The average molecular weight is 318 g/mol. The summed E-state index contributed by atoms with van der Waals surface area (Å²) in [7, 11) is 0. The van der Waals surface area contributed by atoms with Gasteiger partial charge in [-0.2, -0.15) is 0 Å². The van der Waals surface area contributed by atoms with Gasteiger partial charge in [-0.05, 0) is 43.9 Å². The Kier molecular flexibility index (Phi) is 5.20. The zero-order chi connectivity index (χ0) is 15.4. The van der Waals surface area contributed by atoms with Crippen molar-refractivity contribution in [3.8, 4) is 0 Å². The minimum atomic E-state index is 0.146. The molecule has 2 rings (SSSR count). The fourth-order valence-electron chi connectivity index (χ4n) is 2.10. The molecule has 3 N–H and O–H groups in total. The summed E-state index contributed by atoms with van der Waals surface area (Å²) >= 11 is 3.22. The highest BCUT2D eigenvalue weighted by Crippen LogP contribution is 2.36. The van der Waals surface area contributed by atoms with E-state index in [4.69, 9.17) is 10.9 Å². The molecule has 0 saturated heterocycles. The van der Waals surface area contributed by atoms with E-state index in [0.717, 1.165) is 15.4 Å². The average Bonchev–Trinajstić information content (AvgIpc) is 2.49. The fraction of sp³-hybridized carbons (Fsp3) is 0.188. The second kappa shape index (κ2) is 6.91. The number of oxime groups is 1. The van der Waals surface area contributed by atoms with E-state index in [0.29, 0.717) is 0 Å². The highest BCUT2D eigenvalue weighted by Gasteiger charge is 2.14. The summed E-state index contributed by atoms with van der Waals surface area (Å²) in [5.74, 6) is 0.146. The molecule has 110 valence electrons. The first kappa shape index (κ1) is 15.8. The van der Waals surface area contributed by atoms with Gasteiger partial charge in [-0.3, -0.25) is 0 Å². The van der Waals surface area contributed by atoms with E-state index in [1.54, 1.807) is 23.5 Å². The monoisotopic (exact) mass is 318 g/mol. The van der Waals surface area contributed by atoms with Crippen molar-refractivity contribution in [2.45, 2.75) is 28.5 Å². The molecule has 0 amide bonds. The molecule has 0 saturated carbocycles. The van der Waals surface area contributed by atoms with Gasteiger partial charge < -0.3 is 10.9 Å². The van der Waals surface area contributed by atoms with Gasteiger partial charge in [0.15, 0.2) is 5.84 Å². The molecule has 0 heterocycles. The van der Waals surface area contributed by atoms with Crippen molar-refractivity contribution in [2.75, 3.05) is 6.26 Å². The lowest BCUT2D eigenvalue weighted by Gasteiger charge is -2.13. The summed E-state index contributed by atoms with van der Waals surface area (Å²) in [5, 5.41) is 12.2. The largest absolute Gasteiger partial charge is 0.409 e. The molecule has 2 aromatic carbocycles. The van der Waals surface area contributed by atoms with E-state index in [9.17, 15) is 0 Å². The summed E-state index contributed by atoms with van der Waals surface area (Å²) in [6, 6.07) is 12.3. The zero-order valence-electron chi connectivity index (χ0n) is 12.3. The Balaban J connectivity index is 2.49. The Hall–Kier alpha value is -1.59. The van der Waals surface area contributed by atoms with Gasteiger partial charge in [0.2, 0.25) is 0 Å². The van der Waals surface area contributed by atoms with Crippen molar-refractivity contribution in [2.24, 2.45) is 10.9 Å². The van der Waals surface area contributed by atoms with Gasteiger partial charge in [-0.15, -0.1) is 11.8 Å². The van der Waals surface area contributed by atoms with Crippen LogP contribution in [-0.4, -0.2) is 17.3 Å². The molecule has 2 aromatic rings. The molecule has 0 spiro atoms. The van der Waals surface area contributed by atoms with Gasteiger partial charge in [-0.1, -0.05) is 40.7 Å². The summed E-state index contributed by atoms with van der Waals surface area (Å²) in [4.78, 5) is 3.16. The third-order valence-corrected chi connectivity index (χ3v) is 5.14. The van der Waals surface area contributed by atoms with Crippen LogP contribution in [0.25, 0.3) is 0 Å². The van der Waals surface area contributed by atoms with Crippen LogP contribution in [0.2, 0.25) is 0 Å². The van der Waals surface area contributed by atoms with Crippen LogP contribution in [-0.2, 0) is 0 Å². The number of nitrogens with two attached hydrogens (primary N) is 1. The topological polar surface area (TPSA) is 58.6 Å². The maximum atomic E-state index is 9.03. The van der Waals surface area contributed by atoms with Gasteiger partial charge >= 0.3 is 0 Å². The molecular weight excluding hydrogens is 300 g/mol. The molecule has 0 radical (unpaired) electrons. The predicted octanol–water partition coefficient (Wildman–Crippen LogP) is 4.27. The van der Waals surface area contributed by atoms with Crippen molar-refractivity contribution in [3.05, 3.63) is 53.1 Å².